The lowest BCUT2D eigenvalue weighted by atomic mass is 10.0. The van der Waals surface area contributed by atoms with Crippen LogP contribution in [0, 0.1) is 0 Å². The fourth-order valence-corrected chi connectivity index (χ4v) is 4.46. The van der Waals surface area contributed by atoms with Crippen LogP contribution in [0.3, 0.4) is 0 Å². The molecule has 0 spiro atoms. The van der Waals surface area contributed by atoms with Crippen molar-refractivity contribution in [1.29, 1.82) is 0 Å². The number of pyridine rings is 1. The van der Waals surface area contributed by atoms with Gasteiger partial charge in [-0.3, -0.25) is 9.20 Å². The van der Waals surface area contributed by atoms with Gasteiger partial charge in [0.2, 0.25) is 0 Å². The van der Waals surface area contributed by atoms with E-state index in [9.17, 15) is 4.79 Å². The van der Waals surface area contributed by atoms with Crippen LogP contribution in [0.5, 0.6) is 0 Å². The van der Waals surface area contributed by atoms with E-state index in [0.29, 0.717) is 6.42 Å². The van der Waals surface area contributed by atoms with Crippen molar-refractivity contribution in [2.24, 2.45) is 0 Å². The molecule has 0 amide bonds. The molecule has 0 atom stereocenters. The lowest BCUT2D eigenvalue weighted by Crippen LogP contribution is -2.29. The van der Waals surface area contributed by atoms with Gasteiger partial charge < -0.3 is 4.90 Å². The zero-order valence-electron chi connectivity index (χ0n) is 16.3. The Balaban J connectivity index is 1.47. The van der Waals surface area contributed by atoms with Crippen LogP contribution >= 0.6 is 15.9 Å². The first-order valence-electron chi connectivity index (χ1n) is 10.2. The molecule has 4 nitrogen and oxygen atoms in total. The number of carbonyl (C=O) groups excluding carboxylic acids is 1. The van der Waals surface area contributed by atoms with E-state index in [-0.39, 0.29) is 5.78 Å². The number of rotatable bonds is 6. The Hall–Kier alpha value is -2.14. The maximum atomic E-state index is 13.0. The summed E-state index contributed by atoms with van der Waals surface area (Å²) in [6.07, 6.45) is 7.83. The fraction of sp³-hybridized carbons (Fsp3) is 0.391. The molecule has 1 aromatic carbocycles. The Morgan fingerprint density at radius 1 is 1.11 bits per heavy atom. The minimum Gasteiger partial charge on any atom is -0.372 e. The Bertz CT molecular complexity index is 971. The van der Waals surface area contributed by atoms with Gasteiger partial charge in [-0.25, -0.2) is 4.98 Å². The molecular weight excluding hydrogens is 414 g/mol. The van der Waals surface area contributed by atoms with E-state index in [1.54, 1.807) is 0 Å². The van der Waals surface area contributed by atoms with Crippen LogP contribution in [0.4, 0.5) is 5.69 Å². The number of hydrogen-bond acceptors (Lipinski definition) is 3. The molecule has 0 radical (unpaired) electrons. The summed E-state index contributed by atoms with van der Waals surface area (Å²) >= 11 is 3.54. The molecule has 5 heteroatoms. The predicted molar refractivity (Wildman–Crippen MR) is 117 cm³/mol. The molecule has 28 heavy (non-hydrogen) atoms. The highest BCUT2D eigenvalue weighted by molar-refractivity contribution is 9.10. The number of aryl methyl sites for hydroxylation is 2. The summed E-state index contributed by atoms with van der Waals surface area (Å²) < 4.78 is 2.84. The molecule has 0 unspecified atom stereocenters. The number of benzene rings is 1. The molecule has 3 aromatic rings. The average molecular weight is 440 g/mol. The number of piperidine rings is 1. The minimum absolute atomic E-state index is 0.155. The molecule has 146 valence electrons. The molecule has 1 aliphatic heterocycles. The monoisotopic (exact) mass is 439 g/mol. The normalized spacial score (nSPS) is 14.6. The second-order valence-corrected chi connectivity index (χ2v) is 8.30. The lowest BCUT2D eigenvalue weighted by Gasteiger charge is -2.28. The number of imidazole rings is 1. The van der Waals surface area contributed by atoms with Crippen LogP contribution in [0.1, 0.15) is 54.4 Å². The second-order valence-electron chi connectivity index (χ2n) is 7.45. The number of aromatic nitrogens is 2. The number of hydrogen-bond donors (Lipinski definition) is 0. The largest absolute Gasteiger partial charge is 0.372 e. The SMILES string of the molecule is CCc1nc2c(Br)cccn2c1C(=O)CCc1ccc(N2CCCCC2)cc1. The van der Waals surface area contributed by atoms with Crippen molar-refractivity contribution in [2.45, 2.75) is 45.4 Å². The summed E-state index contributed by atoms with van der Waals surface area (Å²) in [6.45, 7) is 4.36. The summed E-state index contributed by atoms with van der Waals surface area (Å²) in [5, 5.41) is 0. The number of halogens is 1. The summed E-state index contributed by atoms with van der Waals surface area (Å²) in [5.41, 5.74) is 4.92. The summed E-state index contributed by atoms with van der Waals surface area (Å²) in [6, 6.07) is 12.6. The minimum atomic E-state index is 0.155. The van der Waals surface area contributed by atoms with Crippen molar-refractivity contribution in [3.8, 4) is 0 Å². The maximum Gasteiger partial charge on any atom is 0.181 e. The molecule has 0 bridgehead atoms. The highest BCUT2D eigenvalue weighted by Gasteiger charge is 2.19. The smallest absolute Gasteiger partial charge is 0.181 e. The van der Waals surface area contributed by atoms with Crippen LogP contribution in [0.25, 0.3) is 5.65 Å². The first-order chi connectivity index (χ1) is 13.7. The van der Waals surface area contributed by atoms with E-state index in [2.05, 4.69) is 50.1 Å². The summed E-state index contributed by atoms with van der Waals surface area (Å²) in [7, 11) is 0. The molecule has 1 saturated heterocycles. The van der Waals surface area contributed by atoms with Crippen LogP contribution in [-0.4, -0.2) is 28.3 Å². The third kappa shape index (κ3) is 3.86. The third-order valence-electron chi connectivity index (χ3n) is 5.57. The van der Waals surface area contributed by atoms with Crippen molar-refractivity contribution in [1.82, 2.24) is 9.38 Å². The highest BCUT2D eigenvalue weighted by Crippen LogP contribution is 2.24. The maximum absolute atomic E-state index is 13.0. The molecule has 1 fully saturated rings. The van der Waals surface area contributed by atoms with Gasteiger partial charge in [-0.15, -0.1) is 0 Å². The Morgan fingerprint density at radius 2 is 1.86 bits per heavy atom. The predicted octanol–water partition coefficient (Wildman–Crippen LogP) is 5.47. The first kappa shape index (κ1) is 19.2. The van der Waals surface area contributed by atoms with E-state index in [1.807, 2.05) is 29.7 Å². The quantitative estimate of drug-likeness (QED) is 0.478. The van der Waals surface area contributed by atoms with E-state index >= 15 is 0 Å². The Morgan fingerprint density at radius 3 is 2.57 bits per heavy atom. The fourth-order valence-electron chi connectivity index (χ4n) is 4.02. The van der Waals surface area contributed by atoms with Gasteiger partial charge >= 0.3 is 0 Å². The summed E-state index contributed by atoms with van der Waals surface area (Å²) in [5.74, 6) is 0.155. The number of ketones is 1. The van der Waals surface area contributed by atoms with Gasteiger partial charge in [0.1, 0.15) is 5.69 Å². The van der Waals surface area contributed by atoms with Crippen molar-refractivity contribution >= 4 is 33.0 Å². The number of carbonyl (C=O) groups is 1. The van der Waals surface area contributed by atoms with Gasteiger partial charge in [0.15, 0.2) is 11.4 Å². The van der Waals surface area contributed by atoms with Gasteiger partial charge in [0, 0.05) is 31.4 Å². The second kappa shape index (κ2) is 8.48. The summed E-state index contributed by atoms with van der Waals surface area (Å²) in [4.78, 5) is 20.1. The van der Waals surface area contributed by atoms with Crippen molar-refractivity contribution in [3.63, 3.8) is 0 Å². The van der Waals surface area contributed by atoms with E-state index in [4.69, 9.17) is 0 Å². The lowest BCUT2D eigenvalue weighted by molar-refractivity contribution is 0.0976. The number of nitrogens with zero attached hydrogens (tertiary/aromatic N) is 3. The number of Topliss-reactive ketones (excluding diaryl/α,β-unsaturated/α-hetero) is 1. The molecule has 3 heterocycles. The first-order valence-corrected chi connectivity index (χ1v) is 11.0. The van der Waals surface area contributed by atoms with Gasteiger partial charge in [-0.2, -0.15) is 0 Å². The zero-order valence-corrected chi connectivity index (χ0v) is 17.9. The molecule has 1 aliphatic rings. The molecule has 0 N–H and O–H groups in total. The number of fused-ring (bicyclic) bond motifs is 1. The van der Waals surface area contributed by atoms with Gasteiger partial charge in [-0.1, -0.05) is 19.1 Å². The van der Waals surface area contributed by atoms with E-state index in [0.717, 1.165) is 47.4 Å². The Kier molecular flexibility index (Phi) is 5.81. The van der Waals surface area contributed by atoms with Gasteiger partial charge in [0.25, 0.3) is 0 Å². The standard InChI is InChI=1S/C23H26BrN3O/c1-2-20-22(27-16-6-7-19(24)23(27)25-20)21(28)13-10-17-8-11-18(12-9-17)26-14-4-3-5-15-26/h6-9,11-12,16H,2-5,10,13-15H2,1H3. The van der Waals surface area contributed by atoms with Crippen LogP contribution < -0.4 is 4.90 Å². The topological polar surface area (TPSA) is 37.6 Å². The average Bonchev–Trinajstić information content (AvgIpc) is 3.13. The van der Waals surface area contributed by atoms with Gasteiger partial charge in [0.05, 0.1) is 10.2 Å². The van der Waals surface area contributed by atoms with Crippen molar-refractivity contribution < 1.29 is 4.79 Å². The van der Waals surface area contributed by atoms with E-state index < -0.39 is 0 Å². The molecule has 0 aliphatic carbocycles. The molecule has 4 rings (SSSR count). The molecular formula is C23H26BrN3O. The van der Waals surface area contributed by atoms with Crippen LogP contribution in [-0.2, 0) is 12.8 Å². The highest BCUT2D eigenvalue weighted by atomic mass is 79.9. The molecule has 2 aromatic heterocycles. The van der Waals surface area contributed by atoms with Crippen molar-refractivity contribution in [3.05, 3.63) is 64.0 Å². The Labute approximate surface area is 174 Å². The molecule has 0 saturated carbocycles. The van der Waals surface area contributed by atoms with E-state index in [1.165, 1.54) is 30.5 Å². The van der Waals surface area contributed by atoms with Crippen molar-refractivity contribution in [2.75, 3.05) is 18.0 Å². The number of anilines is 1. The van der Waals surface area contributed by atoms with Crippen LogP contribution in [0.15, 0.2) is 47.1 Å². The third-order valence-corrected chi connectivity index (χ3v) is 6.19. The van der Waals surface area contributed by atoms with Crippen LogP contribution in [0.2, 0.25) is 0 Å². The van der Waals surface area contributed by atoms with Gasteiger partial charge in [-0.05, 0) is 77.9 Å². The zero-order chi connectivity index (χ0) is 19.5.